The van der Waals surface area contributed by atoms with Crippen LogP contribution in [0.3, 0.4) is 0 Å². The van der Waals surface area contributed by atoms with Gasteiger partial charge < -0.3 is 10.5 Å². The number of nitrogens with zero attached hydrogens (tertiary/aromatic N) is 1. The molecule has 0 bridgehead atoms. The van der Waals surface area contributed by atoms with Gasteiger partial charge in [0.2, 0.25) is 0 Å². The Bertz CT molecular complexity index is 586. The summed E-state index contributed by atoms with van der Waals surface area (Å²) >= 11 is 0. The lowest BCUT2D eigenvalue weighted by Crippen LogP contribution is -2.11. The maximum absolute atomic E-state index is 11.2. The molecule has 1 aliphatic rings. The highest BCUT2D eigenvalue weighted by Gasteiger charge is 2.22. The van der Waals surface area contributed by atoms with Gasteiger partial charge >= 0.3 is 0 Å². The largest absolute Gasteiger partial charge is 0.489 e. The molecule has 0 atom stereocenters. The van der Waals surface area contributed by atoms with Gasteiger partial charge in [0.1, 0.15) is 12.4 Å². The average Bonchev–Trinajstić information content (AvgIpc) is 2.55. The van der Waals surface area contributed by atoms with Gasteiger partial charge in [-0.15, -0.1) is 0 Å². The van der Waals surface area contributed by atoms with Gasteiger partial charge in [0, 0.05) is 5.57 Å². The van der Waals surface area contributed by atoms with Crippen LogP contribution in [0.25, 0.3) is 0 Å². The van der Waals surface area contributed by atoms with Crippen LogP contribution in [-0.2, 0) is 10.0 Å². The Balaban J connectivity index is 2.08. The number of nitrogens with two attached hydrogens (primary N) is 1. The van der Waals surface area contributed by atoms with Crippen molar-refractivity contribution in [2.45, 2.75) is 6.92 Å². The van der Waals surface area contributed by atoms with Crippen LogP contribution in [0.5, 0.6) is 5.75 Å². The molecule has 1 aromatic carbocycles. The molecule has 0 aliphatic carbocycles. The summed E-state index contributed by atoms with van der Waals surface area (Å²) in [6, 6.07) is 7.44. The summed E-state index contributed by atoms with van der Waals surface area (Å²) in [5, 5.41) is -0.232. The molecule has 0 amide bonds. The Morgan fingerprint density at radius 3 is 2.47 bits per heavy atom. The van der Waals surface area contributed by atoms with Gasteiger partial charge in [0.25, 0.3) is 10.0 Å². The van der Waals surface area contributed by atoms with Crippen LogP contribution in [0.2, 0.25) is 0 Å². The molecule has 2 rings (SSSR count). The van der Waals surface area contributed by atoms with Crippen LogP contribution < -0.4 is 10.5 Å². The summed E-state index contributed by atoms with van der Waals surface area (Å²) in [5.41, 5.74) is 6.94. The lowest BCUT2D eigenvalue weighted by molar-refractivity contribution is 0.357. The summed E-state index contributed by atoms with van der Waals surface area (Å²) in [5.74, 6) is 0.661. The SMILES string of the molecule is Cc1ccc(OCC2=C(N)S(=O)(=O)N=C2)cc1. The van der Waals surface area contributed by atoms with E-state index in [1.165, 1.54) is 6.21 Å². The molecule has 2 N–H and O–H groups in total. The number of hydrogen-bond acceptors (Lipinski definition) is 4. The van der Waals surface area contributed by atoms with Crippen molar-refractivity contribution in [2.75, 3.05) is 6.61 Å². The van der Waals surface area contributed by atoms with Gasteiger partial charge in [-0.05, 0) is 19.1 Å². The first-order valence-electron chi connectivity index (χ1n) is 4.97. The molecule has 1 heterocycles. The van der Waals surface area contributed by atoms with E-state index in [1.807, 2.05) is 31.2 Å². The molecule has 17 heavy (non-hydrogen) atoms. The van der Waals surface area contributed by atoms with Crippen molar-refractivity contribution < 1.29 is 13.2 Å². The lowest BCUT2D eigenvalue weighted by Gasteiger charge is -2.05. The minimum absolute atomic E-state index is 0.0949. The fourth-order valence-electron chi connectivity index (χ4n) is 1.32. The molecule has 0 aromatic heterocycles. The van der Waals surface area contributed by atoms with Crippen LogP contribution in [0.4, 0.5) is 0 Å². The van der Waals surface area contributed by atoms with Crippen molar-refractivity contribution in [3.63, 3.8) is 0 Å². The second kappa shape index (κ2) is 4.21. The first kappa shape index (κ1) is 11.7. The summed E-state index contributed by atoms with van der Waals surface area (Å²) < 4.78 is 31.1. The van der Waals surface area contributed by atoms with Crippen molar-refractivity contribution in [1.82, 2.24) is 0 Å². The predicted octanol–water partition coefficient (Wildman–Crippen LogP) is 0.958. The molecule has 0 spiro atoms. The first-order valence-corrected chi connectivity index (χ1v) is 6.41. The van der Waals surface area contributed by atoms with E-state index in [2.05, 4.69) is 4.40 Å². The zero-order valence-corrected chi connectivity index (χ0v) is 10.1. The topological polar surface area (TPSA) is 81.8 Å². The van der Waals surface area contributed by atoms with Gasteiger partial charge in [0.15, 0.2) is 5.03 Å². The van der Waals surface area contributed by atoms with E-state index in [0.717, 1.165) is 5.56 Å². The molecule has 0 fully saturated rings. The lowest BCUT2D eigenvalue weighted by atomic mass is 10.2. The molecular weight excluding hydrogens is 240 g/mol. The maximum Gasteiger partial charge on any atom is 0.297 e. The van der Waals surface area contributed by atoms with Gasteiger partial charge in [-0.3, -0.25) is 0 Å². The maximum atomic E-state index is 11.2. The quantitative estimate of drug-likeness (QED) is 0.868. The zero-order chi connectivity index (χ0) is 12.5. The van der Waals surface area contributed by atoms with Gasteiger partial charge in [-0.2, -0.15) is 12.8 Å². The number of sulfonamides is 1. The zero-order valence-electron chi connectivity index (χ0n) is 9.25. The number of ether oxygens (including phenoxy) is 1. The van der Waals surface area contributed by atoms with Crippen molar-refractivity contribution in [3.05, 3.63) is 40.4 Å². The summed E-state index contributed by atoms with van der Waals surface area (Å²) in [7, 11) is -3.64. The van der Waals surface area contributed by atoms with Crippen LogP contribution in [0, 0.1) is 6.92 Å². The molecule has 0 saturated carbocycles. The van der Waals surface area contributed by atoms with Crippen molar-refractivity contribution in [1.29, 1.82) is 0 Å². The smallest absolute Gasteiger partial charge is 0.297 e. The highest BCUT2D eigenvalue weighted by molar-refractivity contribution is 7.94. The molecule has 0 radical (unpaired) electrons. The van der Waals surface area contributed by atoms with Crippen molar-refractivity contribution in [2.24, 2.45) is 10.1 Å². The molecule has 6 heteroatoms. The Kier molecular flexibility index (Phi) is 2.89. The van der Waals surface area contributed by atoms with Crippen molar-refractivity contribution >= 4 is 16.2 Å². The fraction of sp³-hybridized carbons (Fsp3) is 0.182. The van der Waals surface area contributed by atoms with Gasteiger partial charge in [0.05, 0.1) is 6.21 Å². The Labute approximate surface area is 99.7 Å². The third-order valence-electron chi connectivity index (χ3n) is 2.36. The van der Waals surface area contributed by atoms with E-state index < -0.39 is 10.0 Å². The van der Waals surface area contributed by atoms with Crippen LogP contribution >= 0.6 is 0 Å². The van der Waals surface area contributed by atoms with Crippen molar-refractivity contribution in [3.8, 4) is 5.75 Å². The third kappa shape index (κ3) is 2.47. The highest BCUT2D eigenvalue weighted by atomic mass is 32.2. The average molecular weight is 252 g/mol. The Morgan fingerprint density at radius 2 is 1.94 bits per heavy atom. The van der Waals surface area contributed by atoms with Crippen LogP contribution in [0.1, 0.15) is 5.56 Å². The standard InChI is InChI=1S/C11H12N2O3S/c1-8-2-4-10(5-3-8)16-7-9-6-13-17(14,15)11(9)12/h2-6H,7,12H2,1H3. The monoisotopic (exact) mass is 252 g/mol. The van der Waals surface area contributed by atoms with E-state index >= 15 is 0 Å². The minimum atomic E-state index is -3.64. The summed E-state index contributed by atoms with van der Waals surface area (Å²) in [6.07, 6.45) is 1.22. The van der Waals surface area contributed by atoms with E-state index in [4.69, 9.17) is 10.5 Å². The summed E-state index contributed by atoms with van der Waals surface area (Å²) in [4.78, 5) is 0. The molecule has 0 unspecified atom stereocenters. The number of hydrogen-bond donors (Lipinski definition) is 1. The van der Waals surface area contributed by atoms with E-state index in [9.17, 15) is 8.42 Å². The third-order valence-corrected chi connectivity index (χ3v) is 3.56. The molecule has 5 nitrogen and oxygen atoms in total. The highest BCUT2D eigenvalue weighted by Crippen LogP contribution is 2.17. The van der Waals surface area contributed by atoms with Gasteiger partial charge in [-0.1, -0.05) is 17.7 Å². The second-order valence-corrected chi connectivity index (χ2v) is 5.30. The van der Waals surface area contributed by atoms with Crippen LogP contribution in [-0.4, -0.2) is 21.2 Å². The predicted molar refractivity (Wildman–Crippen MR) is 65.3 cm³/mol. The normalized spacial score (nSPS) is 17.5. The molecule has 90 valence electrons. The number of aryl methyl sites for hydroxylation is 1. The van der Waals surface area contributed by atoms with Gasteiger partial charge in [-0.25, -0.2) is 0 Å². The summed E-state index contributed by atoms with van der Waals surface area (Å²) in [6.45, 7) is 2.07. The molecule has 0 saturated heterocycles. The minimum Gasteiger partial charge on any atom is -0.489 e. The number of benzene rings is 1. The first-order chi connectivity index (χ1) is 7.99. The Hall–Kier alpha value is -1.82. The Morgan fingerprint density at radius 1 is 1.29 bits per heavy atom. The molecule has 1 aromatic rings. The molecule has 1 aliphatic heterocycles. The van der Waals surface area contributed by atoms with E-state index in [1.54, 1.807) is 0 Å². The van der Waals surface area contributed by atoms with E-state index in [0.29, 0.717) is 11.3 Å². The number of rotatable bonds is 3. The van der Waals surface area contributed by atoms with Crippen LogP contribution in [0.15, 0.2) is 39.3 Å². The molecular formula is C11H12N2O3S. The fourth-order valence-corrected chi connectivity index (χ4v) is 2.15. The second-order valence-electron chi connectivity index (χ2n) is 3.70. The van der Waals surface area contributed by atoms with E-state index in [-0.39, 0.29) is 11.6 Å².